The fraction of sp³-hybridized carbons (Fsp3) is 0.278. The minimum Gasteiger partial charge on any atom is -0.349 e. The molecular weight excluding hydrogens is 302 g/mol. The van der Waals surface area contributed by atoms with Gasteiger partial charge in [-0.1, -0.05) is 25.1 Å². The molecule has 0 saturated carbocycles. The van der Waals surface area contributed by atoms with E-state index in [1.54, 1.807) is 10.7 Å². The van der Waals surface area contributed by atoms with Crippen LogP contribution in [-0.4, -0.2) is 19.3 Å². The van der Waals surface area contributed by atoms with Gasteiger partial charge >= 0.3 is 0 Å². The van der Waals surface area contributed by atoms with Crippen LogP contribution in [-0.2, 0) is 20.0 Å². The smallest absolute Gasteiger partial charge is 0.271 e. The van der Waals surface area contributed by atoms with E-state index in [0.29, 0.717) is 12.5 Å². The second-order valence-electron chi connectivity index (χ2n) is 5.68. The van der Waals surface area contributed by atoms with Crippen molar-refractivity contribution in [3.63, 3.8) is 0 Å². The fourth-order valence-electron chi connectivity index (χ4n) is 2.67. The van der Waals surface area contributed by atoms with Gasteiger partial charge in [-0.15, -0.1) is 0 Å². The van der Waals surface area contributed by atoms with E-state index < -0.39 is 0 Å². The zero-order valence-corrected chi connectivity index (χ0v) is 14.2. The van der Waals surface area contributed by atoms with E-state index in [1.165, 1.54) is 0 Å². The quantitative estimate of drug-likeness (QED) is 0.783. The van der Waals surface area contributed by atoms with Gasteiger partial charge in [0.05, 0.1) is 17.9 Å². The fourth-order valence-corrected chi connectivity index (χ4v) is 2.67. The van der Waals surface area contributed by atoms with Crippen LogP contribution >= 0.6 is 0 Å². The number of anilines is 1. The number of hydrogen-bond acceptors (Lipinski definition) is 4. The van der Waals surface area contributed by atoms with Gasteiger partial charge in [0.1, 0.15) is 0 Å². The topological polar surface area (TPSA) is 64.7 Å². The summed E-state index contributed by atoms with van der Waals surface area (Å²) in [5.74, 6) is 0.590. The molecule has 2 aromatic heterocycles. The molecule has 0 unspecified atom stereocenters. The first-order chi connectivity index (χ1) is 11.6. The van der Waals surface area contributed by atoms with Gasteiger partial charge in [-0.25, -0.2) is 14.6 Å². The predicted octanol–water partition coefficient (Wildman–Crippen LogP) is 2.45. The van der Waals surface area contributed by atoms with Crippen LogP contribution in [0.4, 0.5) is 5.95 Å². The molecule has 0 amide bonds. The van der Waals surface area contributed by atoms with Crippen LogP contribution in [0.15, 0.2) is 47.3 Å². The lowest BCUT2D eigenvalue weighted by Gasteiger charge is -2.11. The minimum absolute atomic E-state index is 0.0556. The molecular formula is C18H21N5O. The monoisotopic (exact) mass is 323 g/mol. The van der Waals surface area contributed by atoms with Crippen molar-refractivity contribution in [3.05, 3.63) is 69.9 Å². The van der Waals surface area contributed by atoms with E-state index in [0.717, 1.165) is 29.2 Å². The number of aromatic nitrogens is 4. The van der Waals surface area contributed by atoms with Crippen LogP contribution in [0.1, 0.15) is 24.0 Å². The van der Waals surface area contributed by atoms with Crippen molar-refractivity contribution in [1.29, 1.82) is 0 Å². The highest BCUT2D eigenvalue weighted by atomic mass is 16.1. The molecule has 0 aliphatic heterocycles. The van der Waals surface area contributed by atoms with Crippen molar-refractivity contribution < 1.29 is 0 Å². The number of aryl methyl sites for hydroxylation is 2. The van der Waals surface area contributed by atoms with Gasteiger partial charge in [0.25, 0.3) is 5.56 Å². The lowest BCUT2D eigenvalue weighted by Crippen LogP contribution is -2.19. The number of rotatable bonds is 5. The number of hydrogen-bond donors (Lipinski definition) is 1. The molecule has 1 aromatic carbocycles. The van der Waals surface area contributed by atoms with Gasteiger partial charge in [0.15, 0.2) is 0 Å². The van der Waals surface area contributed by atoms with E-state index in [9.17, 15) is 4.79 Å². The zero-order valence-electron chi connectivity index (χ0n) is 14.2. The van der Waals surface area contributed by atoms with E-state index in [4.69, 9.17) is 0 Å². The van der Waals surface area contributed by atoms with Crippen molar-refractivity contribution in [2.45, 2.75) is 26.8 Å². The Hall–Kier alpha value is -2.89. The standard InChI is InChI=1S/C18H21N5O/c1-4-14-10-13(2)20-18(21-14)19-12-16-11-17(24)23(22(16)3)15-8-6-5-7-9-15/h5-11H,4,12H2,1-3H3,(H,19,20,21). The summed E-state index contributed by atoms with van der Waals surface area (Å²) >= 11 is 0. The van der Waals surface area contributed by atoms with Crippen LogP contribution in [0.25, 0.3) is 5.69 Å². The second kappa shape index (κ2) is 6.70. The highest BCUT2D eigenvalue weighted by molar-refractivity contribution is 5.32. The maximum Gasteiger partial charge on any atom is 0.271 e. The van der Waals surface area contributed by atoms with Crippen LogP contribution in [0.2, 0.25) is 0 Å². The van der Waals surface area contributed by atoms with Gasteiger partial charge < -0.3 is 5.32 Å². The Morgan fingerprint density at radius 2 is 1.88 bits per heavy atom. The number of nitrogens with one attached hydrogen (secondary N) is 1. The third-order valence-electron chi connectivity index (χ3n) is 3.91. The van der Waals surface area contributed by atoms with E-state index >= 15 is 0 Å². The molecule has 6 heteroatoms. The molecule has 2 heterocycles. The van der Waals surface area contributed by atoms with Crippen molar-refractivity contribution in [2.75, 3.05) is 5.32 Å². The molecule has 0 spiro atoms. The van der Waals surface area contributed by atoms with Gasteiger partial charge in [-0.2, -0.15) is 0 Å². The summed E-state index contributed by atoms with van der Waals surface area (Å²) in [4.78, 5) is 21.2. The van der Waals surface area contributed by atoms with Crippen LogP contribution in [0.3, 0.4) is 0 Å². The average Bonchev–Trinajstić information content (AvgIpc) is 2.87. The molecule has 0 aliphatic carbocycles. The Kier molecular flexibility index (Phi) is 4.46. The second-order valence-corrected chi connectivity index (χ2v) is 5.68. The molecule has 0 radical (unpaired) electrons. The minimum atomic E-state index is -0.0556. The van der Waals surface area contributed by atoms with Crippen molar-refractivity contribution >= 4 is 5.95 Å². The summed E-state index contributed by atoms with van der Waals surface area (Å²) in [6, 6.07) is 13.2. The lowest BCUT2D eigenvalue weighted by atomic mass is 10.3. The van der Waals surface area contributed by atoms with Gasteiger partial charge in [-0.3, -0.25) is 9.48 Å². The third kappa shape index (κ3) is 3.22. The maximum atomic E-state index is 12.3. The average molecular weight is 323 g/mol. The summed E-state index contributed by atoms with van der Waals surface area (Å²) < 4.78 is 3.49. The Bertz CT molecular complexity index is 896. The molecule has 1 N–H and O–H groups in total. The van der Waals surface area contributed by atoms with Crippen molar-refractivity contribution in [3.8, 4) is 5.69 Å². The third-order valence-corrected chi connectivity index (χ3v) is 3.91. The summed E-state index contributed by atoms with van der Waals surface area (Å²) in [6.07, 6.45) is 0.862. The summed E-state index contributed by atoms with van der Waals surface area (Å²) in [7, 11) is 1.87. The Morgan fingerprint density at radius 1 is 1.12 bits per heavy atom. The molecule has 0 fully saturated rings. The molecule has 0 bridgehead atoms. The number of nitrogens with zero attached hydrogens (tertiary/aromatic N) is 4. The largest absolute Gasteiger partial charge is 0.349 e. The molecule has 0 saturated heterocycles. The molecule has 0 atom stereocenters. The highest BCUT2D eigenvalue weighted by Gasteiger charge is 2.10. The van der Waals surface area contributed by atoms with Gasteiger partial charge in [-0.05, 0) is 31.5 Å². The predicted molar refractivity (Wildman–Crippen MR) is 94.5 cm³/mol. The molecule has 3 aromatic rings. The molecule has 24 heavy (non-hydrogen) atoms. The Balaban J connectivity index is 1.85. The summed E-state index contributed by atoms with van der Waals surface area (Å²) in [5, 5.41) is 3.21. The number of benzene rings is 1. The van der Waals surface area contributed by atoms with Crippen LogP contribution in [0, 0.1) is 6.92 Å². The SMILES string of the molecule is CCc1cc(C)nc(NCc2cc(=O)n(-c3ccccc3)n2C)n1. The van der Waals surface area contributed by atoms with Gasteiger partial charge in [0, 0.05) is 24.5 Å². The first-order valence-corrected chi connectivity index (χ1v) is 8.00. The van der Waals surface area contributed by atoms with E-state index in [2.05, 4.69) is 22.2 Å². The lowest BCUT2D eigenvalue weighted by molar-refractivity contribution is 0.619. The molecule has 124 valence electrons. The van der Waals surface area contributed by atoms with Gasteiger partial charge in [0.2, 0.25) is 5.95 Å². The van der Waals surface area contributed by atoms with Crippen molar-refractivity contribution in [1.82, 2.24) is 19.3 Å². The molecule has 3 rings (SSSR count). The van der Waals surface area contributed by atoms with E-state index in [-0.39, 0.29) is 5.56 Å². The Morgan fingerprint density at radius 3 is 2.58 bits per heavy atom. The first-order valence-electron chi connectivity index (χ1n) is 8.00. The highest BCUT2D eigenvalue weighted by Crippen LogP contribution is 2.09. The van der Waals surface area contributed by atoms with Crippen molar-refractivity contribution in [2.24, 2.45) is 7.05 Å². The first kappa shape index (κ1) is 16.0. The normalized spacial score (nSPS) is 10.8. The zero-order chi connectivity index (χ0) is 17.1. The Labute approximate surface area is 140 Å². The molecule has 0 aliphatic rings. The summed E-state index contributed by atoms with van der Waals surface area (Å²) in [5.41, 5.74) is 3.59. The van der Waals surface area contributed by atoms with Crippen LogP contribution < -0.4 is 10.9 Å². The summed E-state index contributed by atoms with van der Waals surface area (Å²) in [6.45, 7) is 4.50. The number of para-hydroxylation sites is 1. The maximum absolute atomic E-state index is 12.3. The van der Waals surface area contributed by atoms with E-state index in [1.807, 2.05) is 55.1 Å². The molecule has 6 nitrogen and oxygen atoms in total. The van der Waals surface area contributed by atoms with Crippen LogP contribution in [0.5, 0.6) is 0 Å².